The lowest BCUT2D eigenvalue weighted by Crippen LogP contribution is -2.45. The lowest BCUT2D eigenvalue weighted by Gasteiger charge is -2.28. The first-order valence-electron chi connectivity index (χ1n) is 6.76. The Kier molecular flexibility index (Phi) is 4.96. The van der Waals surface area contributed by atoms with Crippen molar-refractivity contribution in [2.24, 2.45) is 5.92 Å². The smallest absolute Gasteiger partial charge is 0.229 e. The van der Waals surface area contributed by atoms with E-state index in [0.29, 0.717) is 13.2 Å². The van der Waals surface area contributed by atoms with Crippen LogP contribution in [0.3, 0.4) is 0 Å². The Hall–Kier alpha value is -0.910. The third kappa shape index (κ3) is 3.16. The molecule has 0 bridgehead atoms. The molecule has 2 heterocycles. The molecule has 1 aromatic rings. The van der Waals surface area contributed by atoms with Crippen molar-refractivity contribution >= 4 is 17.2 Å². The van der Waals surface area contributed by atoms with Gasteiger partial charge >= 0.3 is 0 Å². The second-order valence-corrected chi connectivity index (χ2v) is 5.93. The Morgan fingerprint density at radius 1 is 1.63 bits per heavy atom. The Labute approximate surface area is 118 Å². The summed E-state index contributed by atoms with van der Waals surface area (Å²) in [7, 11) is 1.88. The summed E-state index contributed by atoms with van der Waals surface area (Å²) in [5.41, 5.74) is 0. The fourth-order valence-corrected chi connectivity index (χ4v) is 3.26. The van der Waals surface area contributed by atoms with Gasteiger partial charge in [-0.1, -0.05) is 13.0 Å². The molecular formula is C14H22N2O2S. The first-order chi connectivity index (χ1) is 9.15. The fourth-order valence-electron chi connectivity index (χ4n) is 2.43. The number of hydrogen-bond acceptors (Lipinski definition) is 4. The first kappa shape index (κ1) is 14.5. The molecule has 1 fully saturated rings. The molecular weight excluding hydrogens is 260 g/mol. The van der Waals surface area contributed by atoms with Crippen LogP contribution < -0.4 is 5.32 Å². The lowest BCUT2D eigenvalue weighted by atomic mass is 10.0. The zero-order valence-corrected chi connectivity index (χ0v) is 12.6. The molecule has 3 unspecified atom stereocenters. The molecule has 0 aliphatic carbocycles. The number of carbonyl (C=O) groups is 1. The van der Waals surface area contributed by atoms with Gasteiger partial charge in [-0.3, -0.25) is 4.79 Å². The minimum absolute atomic E-state index is 0.0626. The summed E-state index contributed by atoms with van der Waals surface area (Å²) < 4.78 is 5.46. The standard InChI is InChI=1S/C14H22N2O2S/c1-4-15-12-9-18-8-11(12)14(17)16(3)10(2)13-6-5-7-19-13/h5-7,10-12,15H,4,8-9H2,1-3H3. The van der Waals surface area contributed by atoms with Gasteiger partial charge in [-0.05, 0) is 24.9 Å². The maximum atomic E-state index is 12.6. The molecule has 1 aromatic heterocycles. The van der Waals surface area contributed by atoms with Gasteiger partial charge in [-0.25, -0.2) is 0 Å². The third-order valence-electron chi connectivity index (χ3n) is 3.75. The maximum absolute atomic E-state index is 12.6. The van der Waals surface area contributed by atoms with Crippen LogP contribution in [0.5, 0.6) is 0 Å². The van der Waals surface area contributed by atoms with Crippen LogP contribution >= 0.6 is 11.3 Å². The normalized spacial score (nSPS) is 24.4. The third-order valence-corrected chi connectivity index (χ3v) is 4.79. The number of thiophene rings is 1. The van der Waals surface area contributed by atoms with Crippen molar-refractivity contribution in [2.75, 3.05) is 26.8 Å². The Bertz CT molecular complexity index is 408. The Balaban J connectivity index is 2.02. The number of ether oxygens (including phenoxy) is 1. The molecule has 106 valence electrons. The molecule has 1 amide bonds. The monoisotopic (exact) mass is 282 g/mol. The summed E-state index contributed by atoms with van der Waals surface area (Å²) in [4.78, 5) is 15.6. The Morgan fingerprint density at radius 3 is 3.05 bits per heavy atom. The number of hydrogen-bond donors (Lipinski definition) is 1. The van der Waals surface area contributed by atoms with Crippen LogP contribution in [0.15, 0.2) is 17.5 Å². The maximum Gasteiger partial charge on any atom is 0.229 e. The second kappa shape index (κ2) is 6.50. The van der Waals surface area contributed by atoms with Gasteiger partial charge in [0.25, 0.3) is 0 Å². The molecule has 0 saturated carbocycles. The molecule has 2 rings (SSSR count). The highest BCUT2D eigenvalue weighted by Gasteiger charge is 2.36. The summed E-state index contributed by atoms with van der Waals surface area (Å²) in [6.07, 6.45) is 0. The number of nitrogens with zero attached hydrogens (tertiary/aromatic N) is 1. The average Bonchev–Trinajstić information content (AvgIpc) is 3.07. The second-order valence-electron chi connectivity index (χ2n) is 4.95. The summed E-state index contributed by atoms with van der Waals surface area (Å²) >= 11 is 1.69. The van der Waals surface area contributed by atoms with Crippen molar-refractivity contribution in [3.8, 4) is 0 Å². The van der Waals surface area contributed by atoms with E-state index >= 15 is 0 Å². The van der Waals surface area contributed by atoms with E-state index in [-0.39, 0.29) is 23.9 Å². The summed E-state index contributed by atoms with van der Waals surface area (Å²) in [6.45, 7) is 6.14. The van der Waals surface area contributed by atoms with Crippen LogP contribution in [-0.2, 0) is 9.53 Å². The number of rotatable bonds is 5. The molecule has 3 atom stereocenters. The van der Waals surface area contributed by atoms with Crippen molar-refractivity contribution in [1.29, 1.82) is 0 Å². The lowest BCUT2D eigenvalue weighted by molar-refractivity contribution is -0.136. The van der Waals surface area contributed by atoms with E-state index in [4.69, 9.17) is 4.74 Å². The minimum atomic E-state index is -0.0626. The zero-order valence-electron chi connectivity index (χ0n) is 11.8. The highest BCUT2D eigenvalue weighted by atomic mass is 32.1. The fraction of sp³-hybridized carbons (Fsp3) is 0.643. The van der Waals surface area contributed by atoms with Crippen molar-refractivity contribution in [2.45, 2.75) is 25.9 Å². The highest BCUT2D eigenvalue weighted by molar-refractivity contribution is 7.10. The molecule has 0 radical (unpaired) electrons. The van der Waals surface area contributed by atoms with Gasteiger partial charge in [0.2, 0.25) is 5.91 Å². The quantitative estimate of drug-likeness (QED) is 0.897. The van der Waals surface area contributed by atoms with Crippen LogP contribution in [0.4, 0.5) is 0 Å². The van der Waals surface area contributed by atoms with Crippen LogP contribution in [0.1, 0.15) is 24.8 Å². The van der Waals surface area contributed by atoms with Crippen molar-refractivity contribution in [1.82, 2.24) is 10.2 Å². The predicted octanol–water partition coefficient (Wildman–Crippen LogP) is 1.89. The van der Waals surface area contributed by atoms with E-state index < -0.39 is 0 Å². The SMILES string of the molecule is CCNC1COCC1C(=O)N(C)C(C)c1cccs1. The molecule has 1 aliphatic rings. The summed E-state index contributed by atoms with van der Waals surface area (Å²) in [6, 6.07) is 4.37. The Morgan fingerprint density at radius 2 is 2.42 bits per heavy atom. The van der Waals surface area contributed by atoms with E-state index in [2.05, 4.69) is 25.2 Å². The molecule has 1 saturated heterocycles. The van der Waals surface area contributed by atoms with E-state index in [1.165, 1.54) is 4.88 Å². The van der Waals surface area contributed by atoms with Crippen LogP contribution in [0, 0.1) is 5.92 Å². The van der Waals surface area contributed by atoms with Gasteiger partial charge in [0.15, 0.2) is 0 Å². The molecule has 4 nitrogen and oxygen atoms in total. The molecule has 1 N–H and O–H groups in total. The highest BCUT2D eigenvalue weighted by Crippen LogP contribution is 2.26. The summed E-state index contributed by atoms with van der Waals surface area (Å²) in [5.74, 6) is 0.108. The molecule has 0 aromatic carbocycles. The first-order valence-corrected chi connectivity index (χ1v) is 7.64. The van der Waals surface area contributed by atoms with Crippen LogP contribution in [-0.4, -0.2) is 43.7 Å². The van der Waals surface area contributed by atoms with Gasteiger partial charge in [-0.15, -0.1) is 11.3 Å². The van der Waals surface area contributed by atoms with Crippen LogP contribution in [0.25, 0.3) is 0 Å². The number of carbonyl (C=O) groups excluding carboxylic acids is 1. The molecule has 1 aliphatic heterocycles. The largest absolute Gasteiger partial charge is 0.379 e. The zero-order chi connectivity index (χ0) is 13.8. The van der Waals surface area contributed by atoms with Crippen molar-refractivity contribution < 1.29 is 9.53 Å². The van der Waals surface area contributed by atoms with E-state index in [1.54, 1.807) is 11.3 Å². The predicted molar refractivity (Wildman–Crippen MR) is 77.3 cm³/mol. The van der Waals surface area contributed by atoms with E-state index in [9.17, 15) is 4.79 Å². The van der Waals surface area contributed by atoms with Crippen molar-refractivity contribution in [3.63, 3.8) is 0 Å². The number of likely N-dealkylation sites (N-methyl/N-ethyl adjacent to an activating group) is 1. The van der Waals surface area contributed by atoms with Gasteiger partial charge in [0, 0.05) is 18.0 Å². The van der Waals surface area contributed by atoms with Gasteiger partial charge in [0.1, 0.15) is 0 Å². The number of amides is 1. The molecule has 19 heavy (non-hydrogen) atoms. The average molecular weight is 282 g/mol. The van der Waals surface area contributed by atoms with Gasteiger partial charge in [0.05, 0.1) is 25.2 Å². The topological polar surface area (TPSA) is 41.6 Å². The van der Waals surface area contributed by atoms with Crippen LogP contribution in [0.2, 0.25) is 0 Å². The van der Waals surface area contributed by atoms with Crippen molar-refractivity contribution in [3.05, 3.63) is 22.4 Å². The summed E-state index contributed by atoms with van der Waals surface area (Å²) in [5, 5.41) is 5.38. The molecule has 5 heteroatoms. The van der Waals surface area contributed by atoms with E-state index in [0.717, 1.165) is 6.54 Å². The van der Waals surface area contributed by atoms with Gasteiger partial charge in [-0.2, -0.15) is 0 Å². The van der Waals surface area contributed by atoms with E-state index in [1.807, 2.05) is 23.4 Å². The number of nitrogens with one attached hydrogen (secondary N) is 1. The van der Waals surface area contributed by atoms with Gasteiger partial charge < -0.3 is 15.0 Å². The molecule has 0 spiro atoms. The minimum Gasteiger partial charge on any atom is -0.379 e.